The molecule has 0 saturated carbocycles. The van der Waals surface area contributed by atoms with Crippen molar-refractivity contribution >= 4 is 0 Å². The highest BCUT2D eigenvalue weighted by Gasteiger charge is 2.32. The SMILES string of the molecule is COc1ccc2c(c1)CC(F)(CN)CC2. The highest BCUT2D eigenvalue weighted by Crippen LogP contribution is 2.32. The topological polar surface area (TPSA) is 35.2 Å². The Morgan fingerprint density at radius 1 is 1.47 bits per heavy atom. The van der Waals surface area contributed by atoms with E-state index < -0.39 is 5.67 Å². The maximum atomic E-state index is 14.1. The number of halogens is 1. The number of alkyl halides is 1. The van der Waals surface area contributed by atoms with Gasteiger partial charge < -0.3 is 10.5 Å². The molecule has 0 amide bonds. The Kier molecular flexibility index (Phi) is 2.65. The van der Waals surface area contributed by atoms with Gasteiger partial charge in [0.05, 0.1) is 7.11 Å². The first-order valence-electron chi connectivity index (χ1n) is 5.22. The zero-order chi connectivity index (χ0) is 10.9. The van der Waals surface area contributed by atoms with Crippen LogP contribution in [0.4, 0.5) is 4.39 Å². The summed E-state index contributed by atoms with van der Waals surface area (Å²) in [6, 6.07) is 5.86. The van der Waals surface area contributed by atoms with Crippen LogP contribution in [0.1, 0.15) is 17.5 Å². The summed E-state index contributed by atoms with van der Waals surface area (Å²) in [5.41, 5.74) is 6.49. The van der Waals surface area contributed by atoms with Gasteiger partial charge in [-0.1, -0.05) is 6.07 Å². The Hall–Kier alpha value is -1.09. The lowest BCUT2D eigenvalue weighted by Crippen LogP contribution is -2.38. The van der Waals surface area contributed by atoms with Gasteiger partial charge in [-0.25, -0.2) is 4.39 Å². The Morgan fingerprint density at radius 2 is 2.27 bits per heavy atom. The van der Waals surface area contributed by atoms with Crippen LogP contribution in [0.3, 0.4) is 0 Å². The fourth-order valence-electron chi connectivity index (χ4n) is 2.10. The van der Waals surface area contributed by atoms with Crippen LogP contribution in [-0.2, 0) is 12.8 Å². The average Bonchev–Trinajstić information content (AvgIpc) is 2.28. The average molecular weight is 209 g/mol. The Bertz CT molecular complexity index is 367. The van der Waals surface area contributed by atoms with Crippen LogP contribution in [0.5, 0.6) is 5.75 Å². The van der Waals surface area contributed by atoms with E-state index in [1.165, 1.54) is 5.56 Å². The number of nitrogens with two attached hydrogens (primary N) is 1. The smallest absolute Gasteiger partial charge is 0.127 e. The largest absolute Gasteiger partial charge is 0.497 e. The maximum Gasteiger partial charge on any atom is 0.127 e. The van der Waals surface area contributed by atoms with Gasteiger partial charge in [0, 0.05) is 13.0 Å². The molecule has 0 saturated heterocycles. The summed E-state index contributed by atoms with van der Waals surface area (Å²) >= 11 is 0. The van der Waals surface area contributed by atoms with Crippen LogP contribution in [0, 0.1) is 0 Å². The minimum atomic E-state index is -1.22. The lowest BCUT2D eigenvalue weighted by atomic mass is 9.82. The van der Waals surface area contributed by atoms with Crippen molar-refractivity contribution in [2.75, 3.05) is 13.7 Å². The number of ether oxygens (including phenoxy) is 1. The van der Waals surface area contributed by atoms with E-state index >= 15 is 0 Å². The Balaban J connectivity index is 2.31. The van der Waals surface area contributed by atoms with Gasteiger partial charge in [0.25, 0.3) is 0 Å². The summed E-state index contributed by atoms with van der Waals surface area (Å²) in [6.07, 6.45) is 1.71. The van der Waals surface area contributed by atoms with Gasteiger partial charge in [-0.05, 0) is 36.1 Å². The molecule has 1 atom stereocenters. The first-order valence-corrected chi connectivity index (χ1v) is 5.22. The number of hydrogen-bond acceptors (Lipinski definition) is 2. The molecule has 0 heterocycles. The first-order chi connectivity index (χ1) is 7.17. The minimum absolute atomic E-state index is 0.101. The fraction of sp³-hybridized carbons (Fsp3) is 0.500. The quantitative estimate of drug-likeness (QED) is 0.806. The second kappa shape index (κ2) is 3.81. The van der Waals surface area contributed by atoms with Gasteiger partial charge in [-0.15, -0.1) is 0 Å². The third-order valence-electron chi connectivity index (χ3n) is 3.13. The zero-order valence-corrected chi connectivity index (χ0v) is 8.92. The molecule has 1 aromatic carbocycles. The monoisotopic (exact) mass is 209 g/mol. The molecule has 15 heavy (non-hydrogen) atoms. The molecular weight excluding hydrogens is 193 g/mol. The zero-order valence-electron chi connectivity index (χ0n) is 8.92. The molecule has 1 aliphatic rings. The van der Waals surface area contributed by atoms with Crippen molar-refractivity contribution in [1.29, 1.82) is 0 Å². The summed E-state index contributed by atoms with van der Waals surface area (Å²) in [5.74, 6) is 0.787. The van der Waals surface area contributed by atoms with Gasteiger partial charge in [0.1, 0.15) is 11.4 Å². The number of rotatable bonds is 2. The third kappa shape index (κ3) is 1.97. The van der Waals surface area contributed by atoms with Crippen molar-refractivity contribution in [3.8, 4) is 5.75 Å². The second-order valence-electron chi connectivity index (χ2n) is 4.17. The third-order valence-corrected chi connectivity index (χ3v) is 3.13. The Labute approximate surface area is 89.2 Å². The van der Waals surface area contributed by atoms with Crippen LogP contribution < -0.4 is 10.5 Å². The molecule has 1 aliphatic carbocycles. The maximum absolute atomic E-state index is 14.1. The summed E-state index contributed by atoms with van der Waals surface area (Å²) < 4.78 is 19.2. The second-order valence-corrected chi connectivity index (χ2v) is 4.17. The Morgan fingerprint density at radius 3 is 2.93 bits per heavy atom. The van der Waals surface area contributed by atoms with Crippen molar-refractivity contribution in [2.45, 2.75) is 24.9 Å². The predicted molar refractivity (Wildman–Crippen MR) is 57.9 cm³/mol. The molecule has 1 aromatic rings. The molecule has 2 nitrogen and oxygen atoms in total. The molecule has 2 rings (SSSR count). The molecule has 1 unspecified atom stereocenters. The molecule has 3 heteroatoms. The molecule has 0 bridgehead atoms. The van der Waals surface area contributed by atoms with Gasteiger partial charge in [0.2, 0.25) is 0 Å². The highest BCUT2D eigenvalue weighted by atomic mass is 19.1. The molecule has 2 N–H and O–H groups in total. The van der Waals surface area contributed by atoms with E-state index in [4.69, 9.17) is 10.5 Å². The fourth-order valence-corrected chi connectivity index (χ4v) is 2.10. The van der Waals surface area contributed by atoms with Crippen molar-refractivity contribution < 1.29 is 9.13 Å². The molecule has 82 valence electrons. The van der Waals surface area contributed by atoms with Crippen LogP contribution in [0.2, 0.25) is 0 Å². The van der Waals surface area contributed by atoms with E-state index in [1.807, 2.05) is 18.2 Å². The van der Waals surface area contributed by atoms with E-state index in [9.17, 15) is 4.39 Å². The predicted octanol–water partition coefficient (Wildman–Crippen LogP) is 1.85. The van der Waals surface area contributed by atoms with E-state index in [2.05, 4.69) is 0 Å². The van der Waals surface area contributed by atoms with E-state index in [-0.39, 0.29) is 6.54 Å². The van der Waals surface area contributed by atoms with Gasteiger partial charge in [0.15, 0.2) is 0 Å². The minimum Gasteiger partial charge on any atom is -0.497 e. The number of fused-ring (bicyclic) bond motifs is 1. The number of benzene rings is 1. The van der Waals surface area contributed by atoms with Crippen molar-refractivity contribution in [3.05, 3.63) is 29.3 Å². The molecule has 0 radical (unpaired) electrons. The molecule has 0 spiro atoms. The lowest BCUT2D eigenvalue weighted by molar-refractivity contribution is 0.151. The first kappa shape index (κ1) is 10.4. The normalized spacial score (nSPS) is 24.7. The molecule has 0 aromatic heterocycles. The summed E-state index contributed by atoms with van der Waals surface area (Å²) in [6.45, 7) is 0.101. The van der Waals surface area contributed by atoms with Gasteiger partial charge in [-0.2, -0.15) is 0 Å². The van der Waals surface area contributed by atoms with Gasteiger partial charge >= 0.3 is 0 Å². The lowest BCUT2D eigenvalue weighted by Gasteiger charge is -2.30. The van der Waals surface area contributed by atoms with Crippen molar-refractivity contribution in [2.24, 2.45) is 5.73 Å². The van der Waals surface area contributed by atoms with Crippen LogP contribution in [-0.4, -0.2) is 19.3 Å². The van der Waals surface area contributed by atoms with E-state index in [0.29, 0.717) is 12.8 Å². The van der Waals surface area contributed by atoms with E-state index in [0.717, 1.165) is 17.7 Å². The highest BCUT2D eigenvalue weighted by molar-refractivity contribution is 5.38. The molecule has 0 aliphatic heterocycles. The van der Waals surface area contributed by atoms with E-state index in [1.54, 1.807) is 7.11 Å². The number of methoxy groups -OCH3 is 1. The molecular formula is C12H16FNO. The van der Waals surface area contributed by atoms with Crippen LogP contribution in [0.25, 0.3) is 0 Å². The number of hydrogen-bond donors (Lipinski definition) is 1. The van der Waals surface area contributed by atoms with Gasteiger partial charge in [-0.3, -0.25) is 0 Å². The number of aryl methyl sites for hydroxylation is 1. The summed E-state index contributed by atoms with van der Waals surface area (Å²) in [5, 5.41) is 0. The standard InChI is InChI=1S/C12H16FNO/c1-15-11-3-2-9-4-5-12(13,8-14)7-10(9)6-11/h2-3,6H,4-5,7-8,14H2,1H3. The van der Waals surface area contributed by atoms with Crippen molar-refractivity contribution in [1.82, 2.24) is 0 Å². The van der Waals surface area contributed by atoms with Crippen LogP contribution in [0.15, 0.2) is 18.2 Å². The van der Waals surface area contributed by atoms with Crippen LogP contribution >= 0.6 is 0 Å². The summed E-state index contributed by atoms with van der Waals surface area (Å²) in [7, 11) is 1.62. The summed E-state index contributed by atoms with van der Waals surface area (Å²) in [4.78, 5) is 0. The molecule has 0 fully saturated rings. The van der Waals surface area contributed by atoms with Crippen molar-refractivity contribution in [3.63, 3.8) is 0 Å².